The van der Waals surface area contributed by atoms with E-state index in [1.165, 1.54) is 0 Å². The number of hydrogen-bond donors (Lipinski definition) is 2. The first-order chi connectivity index (χ1) is 9.56. The summed E-state index contributed by atoms with van der Waals surface area (Å²) in [6.45, 7) is 2.24. The number of carbonyl (C=O) groups is 2. The van der Waals surface area contributed by atoms with E-state index < -0.39 is 12.1 Å². The summed E-state index contributed by atoms with van der Waals surface area (Å²) < 4.78 is 5.11. The molecular formula is C15H19NO4. The summed E-state index contributed by atoms with van der Waals surface area (Å²) in [5, 5.41) is 11.5. The highest BCUT2D eigenvalue weighted by atomic mass is 16.5. The Labute approximate surface area is 117 Å². The zero-order valence-electron chi connectivity index (χ0n) is 11.4. The van der Waals surface area contributed by atoms with Gasteiger partial charge >= 0.3 is 12.1 Å². The number of ether oxygens (including phenoxy) is 1. The second-order valence-electron chi connectivity index (χ2n) is 5.29. The van der Waals surface area contributed by atoms with E-state index in [2.05, 4.69) is 12.2 Å². The number of benzene rings is 1. The van der Waals surface area contributed by atoms with E-state index in [9.17, 15) is 9.59 Å². The standard InChI is InChI=1S/C15H19NO4/c1-10-7-12(10)13(8-14(17)18)16-15(19)20-9-11-5-3-2-4-6-11/h2-6,10,12-13H,7-9H2,1H3,(H,16,19)(H,17,18)/t10?,12?,13-/m0/s1. The smallest absolute Gasteiger partial charge is 0.407 e. The third-order valence-electron chi connectivity index (χ3n) is 3.60. The van der Waals surface area contributed by atoms with Crippen molar-refractivity contribution in [2.24, 2.45) is 11.8 Å². The van der Waals surface area contributed by atoms with Crippen LogP contribution in [-0.2, 0) is 16.1 Å². The van der Waals surface area contributed by atoms with Crippen LogP contribution in [0.15, 0.2) is 30.3 Å². The van der Waals surface area contributed by atoms with Gasteiger partial charge in [-0.2, -0.15) is 0 Å². The SMILES string of the molecule is CC1CC1[C@H](CC(=O)O)NC(=O)OCc1ccccc1. The minimum Gasteiger partial charge on any atom is -0.481 e. The highest BCUT2D eigenvalue weighted by molar-refractivity contribution is 5.71. The van der Waals surface area contributed by atoms with Gasteiger partial charge in [0.15, 0.2) is 0 Å². The van der Waals surface area contributed by atoms with Crippen LogP contribution >= 0.6 is 0 Å². The molecule has 0 spiro atoms. The summed E-state index contributed by atoms with van der Waals surface area (Å²) in [5.41, 5.74) is 0.900. The number of rotatable bonds is 6. The highest BCUT2D eigenvalue weighted by Crippen LogP contribution is 2.41. The van der Waals surface area contributed by atoms with Gasteiger partial charge in [0.2, 0.25) is 0 Å². The molecule has 0 radical (unpaired) electrons. The second kappa shape index (κ2) is 6.41. The Morgan fingerprint density at radius 3 is 2.60 bits per heavy atom. The van der Waals surface area contributed by atoms with E-state index >= 15 is 0 Å². The Hall–Kier alpha value is -2.04. The van der Waals surface area contributed by atoms with E-state index in [-0.39, 0.29) is 25.0 Å². The largest absolute Gasteiger partial charge is 0.481 e. The molecule has 5 nitrogen and oxygen atoms in total. The van der Waals surface area contributed by atoms with E-state index in [4.69, 9.17) is 9.84 Å². The lowest BCUT2D eigenvalue weighted by molar-refractivity contribution is -0.137. The van der Waals surface area contributed by atoms with Gasteiger partial charge in [-0.25, -0.2) is 4.79 Å². The van der Waals surface area contributed by atoms with Gasteiger partial charge in [-0.1, -0.05) is 37.3 Å². The van der Waals surface area contributed by atoms with Crippen LogP contribution in [0.4, 0.5) is 4.79 Å². The zero-order valence-corrected chi connectivity index (χ0v) is 11.4. The number of carboxylic acid groups (broad SMARTS) is 1. The van der Waals surface area contributed by atoms with Crippen LogP contribution < -0.4 is 5.32 Å². The lowest BCUT2D eigenvalue weighted by Gasteiger charge is -2.16. The molecule has 1 aliphatic carbocycles. The molecular weight excluding hydrogens is 258 g/mol. The molecule has 2 unspecified atom stereocenters. The van der Waals surface area contributed by atoms with E-state index in [0.29, 0.717) is 5.92 Å². The lowest BCUT2D eigenvalue weighted by Crippen LogP contribution is -2.38. The summed E-state index contributed by atoms with van der Waals surface area (Å²) in [7, 11) is 0. The van der Waals surface area contributed by atoms with E-state index in [1.54, 1.807) is 0 Å². The van der Waals surface area contributed by atoms with E-state index in [1.807, 2.05) is 30.3 Å². The van der Waals surface area contributed by atoms with Gasteiger partial charge in [-0.15, -0.1) is 0 Å². The Balaban J connectivity index is 1.81. The van der Waals surface area contributed by atoms with Crippen molar-refractivity contribution < 1.29 is 19.4 Å². The van der Waals surface area contributed by atoms with Gasteiger partial charge < -0.3 is 15.2 Å². The number of nitrogens with one attached hydrogen (secondary N) is 1. The molecule has 3 atom stereocenters. The number of alkyl carbamates (subject to hydrolysis) is 1. The third-order valence-corrected chi connectivity index (χ3v) is 3.60. The fourth-order valence-electron chi connectivity index (χ4n) is 2.33. The van der Waals surface area contributed by atoms with E-state index in [0.717, 1.165) is 12.0 Å². The molecule has 0 heterocycles. The van der Waals surface area contributed by atoms with Crippen LogP contribution in [-0.4, -0.2) is 23.2 Å². The van der Waals surface area contributed by atoms with Gasteiger partial charge in [0.1, 0.15) is 6.61 Å². The van der Waals surface area contributed by atoms with Crippen LogP contribution in [0.25, 0.3) is 0 Å². The number of carbonyl (C=O) groups excluding carboxylic acids is 1. The number of aliphatic carboxylic acids is 1. The number of carboxylic acids is 1. The molecule has 0 aromatic heterocycles. The minimum absolute atomic E-state index is 0.0601. The fraction of sp³-hybridized carbons (Fsp3) is 0.467. The van der Waals surface area contributed by atoms with Gasteiger partial charge in [0, 0.05) is 6.04 Å². The molecule has 1 aromatic rings. The van der Waals surface area contributed by atoms with Gasteiger partial charge in [-0.05, 0) is 23.8 Å². The molecule has 20 heavy (non-hydrogen) atoms. The van der Waals surface area contributed by atoms with Crippen molar-refractivity contribution in [3.05, 3.63) is 35.9 Å². The quantitative estimate of drug-likeness (QED) is 0.837. The van der Waals surface area contributed by atoms with Crippen LogP contribution in [0.2, 0.25) is 0 Å². The first kappa shape index (κ1) is 14.4. The topological polar surface area (TPSA) is 75.6 Å². The Bertz CT molecular complexity index is 474. The van der Waals surface area contributed by atoms with Crippen LogP contribution in [0, 0.1) is 11.8 Å². The van der Waals surface area contributed by atoms with Crippen LogP contribution in [0.1, 0.15) is 25.3 Å². The van der Waals surface area contributed by atoms with Crippen molar-refractivity contribution in [1.29, 1.82) is 0 Å². The molecule has 2 rings (SSSR count). The average molecular weight is 277 g/mol. The maximum atomic E-state index is 11.7. The maximum Gasteiger partial charge on any atom is 0.407 e. The van der Waals surface area contributed by atoms with Gasteiger partial charge in [-0.3, -0.25) is 4.79 Å². The van der Waals surface area contributed by atoms with Crippen molar-refractivity contribution in [3.63, 3.8) is 0 Å². The Morgan fingerprint density at radius 1 is 1.40 bits per heavy atom. The highest BCUT2D eigenvalue weighted by Gasteiger charge is 2.41. The molecule has 1 saturated carbocycles. The van der Waals surface area contributed by atoms with Crippen LogP contribution in [0.5, 0.6) is 0 Å². The Kier molecular flexibility index (Phi) is 4.61. The van der Waals surface area contributed by atoms with Crippen LogP contribution in [0.3, 0.4) is 0 Å². The molecule has 1 fully saturated rings. The molecule has 2 N–H and O–H groups in total. The first-order valence-corrected chi connectivity index (χ1v) is 6.75. The van der Waals surface area contributed by atoms with Crippen molar-refractivity contribution in [2.45, 2.75) is 32.4 Å². The summed E-state index contributed by atoms with van der Waals surface area (Å²) in [6, 6.07) is 9.02. The van der Waals surface area contributed by atoms with Gasteiger partial charge in [0.05, 0.1) is 6.42 Å². The predicted octanol–water partition coefficient (Wildman–Crippen LogP) is 2.41. The normalized spacial score (nSPS) is 21.9. The third kappa shape index (κ3) is 4.26. The molecule has 0 saturated heterocycles. The summed E-state index contributed by atoms with van der Waals surface area (Å²) >= 11 is 0. The fourth-order valence-corrected chi connectivity index (χ4v) is 2.33. The summed E-state index contributed by atoms with van der Waals surface area (Å²) in [5.74, 6) is -0.193. The predicted molar refractivity (Wildman–Crippen MR) is 73.1 cm³/mol. The van der Waals surface area contributed by atoms with Crippen molar-refractivity contribution in [2.75, 3.05) is 0 Å². The molecule has 108 valence electrons. The average Bonchev–Trinajstić information content (AvgIpc) is 3.13. The Morgan fingerprint density at radius 2 is 2.05 bits per heavy atom. The van der Waals surface area contributed by atoms with Crippen molar-refractivity contribution >= 4 is 12.1 Å². The van der Waals surface area contributed by atoms with Crippen molar-refractivity contribution in [1.82, 2.24) is 5.32 Å². The molecule has 0 aliphatic heterocycles. The number of hydrogen-bond acceptors (Lipinski definition) is 3. The number of amides is 1. The molecule has 1 amide bonds. The minimum atomic E-state index is -0.905. The maximum absolute atomic E-state index is 11.7. The monoisotopic (exact) mass is 277 g/mol. The van der Waals surface area contributed by atoms with Gasteiger partial charge in [0.25, 0.3) is 0 Å². The van der Waals surface area contributed by atoms with Crippen molar-refractivity contribution in [3.8, 4) is 0 Å². The molecule has 1 aliphatic rings. The first-order valence-electron chi connectivity index (χ1n) is 6.75. The molecule has 0 bridgehead atoms. The summed E-state index contributed by atoms with van der Waals surface area (Å²) in [4.78, 5) is 22.5. The zero-order chi connectivity index (χ0) is 14.5. The molecule has 5 heteroatoms. The molecule has 1 aromatic carbocycles. The lowest BCUT2D eigenvalue weighted by atomic mass is 10.1. The second-order valence-corrected chi connectivity index (χ2v) is 5.29. The summed E-state index contributed by atoms with van der Waals surface area (Å²) in [6.07, 6.45) is 0.339.